The van der Waals surface area contributed by atoms with Crippen molar-refractivity contribution in [2.24, 2.45) is 46.8 Å². The Balaban J connectivity index is 1.32. The molecule has 0 amide bonds. The molecule has 0 aromatic heterocycles. The molecule has 5 fully saturated rings. The van der Waals surface area contributed by atoms with Crippen LogP contribution in [0.1, 0.15) is 84.5 Å². The Kier molecular flexibility index (Phi) is 4.04. The SMILES string of the molecule is CCC1CCC2C(CCC3C2CCC2(C)C(CC4CO4)CCC32)C1. The first-order valence-electron chi connectivity index (χ1n) is 11.3. The van der Waals surface area contributed by atoms with Crippen molar-refractivity contribution in [2.45, 2.75) is 90.6 Å². The van der Waals surface area contributed by atoms with E-state index in [2.05, 4.69) is 13.8 Å². The smallest absolute Gasteiger partial charge is 0.0812 e. The predicted octanol–water partition coefficient (Wildman–Crippen LogP) is 6.07. The van der Waals surface area contributed by atoms with Gasteiger partial charge < -0.3 is 4.74 Å². The average molecular weight is 331 g/mol. The first-order valence-corrected chi connectivity index (χ1v) is 11.3. The molecule has 9 unspecified atom stereocenters. The highest BCUT2D eigenvalue weighted by atomic mass is 16.6. The number of fused-ring (bicyclic) bond motifs is 5. The quantitative estimate of drug-likeness (QED) is 0.572. The maximum Gasteiger partial charge on any atom is 0.0812 e. The van der Waals surface area contributed by atoms with Gasteiger partial charge in [0.2, 0.25) is 0 Å². The van der Waals surface area contributed by atoms with Gasteiger partial charge in [-0.25, -0.2) is 0 Å². The van der Waals surface area contributed by atoms with Crippen molar-refractivity contribution in [3.8, 4) is 0 Å². The fraction of sp³-hybridized carbons (Fsp3) is 1.00. The topological polar surface area (TPSA) is 12.5 Å². The normalized spacial score (nSPS) is 56.2. The second kappa shape index (κ2) is 6.00. The van der Waals surface area contributed by atoms with E-state index in [4.69, 9.17) is 4.74 Å². The van der Waals surface area contributed by atoms with Crippen LogP contribution in [0.25, 0.3) is 0 Å². The van der Waals surface area contributed by atoms with E-state index in [0.29, 0.717) is 11.5 Å². The van der Waals surface area contributed by atoms with Crippen molar-refractivity contribution in [3.05, 3.63) is 0 Å². The van der Waals surface area contributed by atoms with Crippen LogP contribution in [0.15, 0.2) is 0 Å². The molecule has 0 aromatic rings. The van der Waals surface area contributed by atoms with Crippen molar-refractivity contribution < 1.29 is 4.74 Å². The van der Waals surface area contributed by atoms with Crippen molar-refractivity contribution in [1.82, 2.24) is 0 Å². The van der Waals surface area contributed by atoms with Crippen molar-refractivity contribution in [2.75, 3.05) is 6.61 Å². The first kappa shape index (κ1) is 16.2. The first-order chi connectivity index (χ1) is 11.7. The number of hydrogen-bond acceptors (Lipinski definition) is 1. The second-order valence-electron chi connectivity index (χ2n) is 10.5. The third kappa shape index (κ3) is 2.51. The molecule has 0 bridgehead atoms. The minimum atomic E-state index is 0.642. The van der Waals surface area contributed by atoms with Crippen LogP contribution in [-0.4, -0.2) is 12.7 Å². The summed E-state index contributed by atoms with van der Waals surface area (Å²) in [7, 11) is 0. The average Bonchev–Trinajstić information content (AvgIpc) is 3.36. The predicted molar refractivity (Wildman–Crippen MR) is 98.7 cm³/mol. The Morgan fingerprint density at radius 3 is 2.54 bits per heavy atom. The van der Waals surface area contributed by atoms with Gasteiger partial charge in [0.25, 0.3) is 0 Å². The van der Waals surface area contributed by atoms with Gasteiger partial charge in [0, 0.05) is 0 Å². The van der Waals surface area contributed by atoms with Gasteiger partial charge >= 0.3 is 0 Å². The second-order valence-corrected chi connectivity index (χ2v) is 10.5. The van der Waals surface area contributed by atoms with Crippen LogP contribution in [0, 0.1) is 46.8 Å². The monoisotopic (exact) mass is 330 g/mol. The molecular weight excluding hydrogens is 292 g/mol. The molecule has 1 heteroatoms. The van der Waals surface area contributed by atoms with Gasteiger partial charge in [-0.15, -0.1) is 0 Å². The fourth-order valence-corrected chi connectivity index (χ4v) is 8.34. The Morgan fingerprint density at radius 2 is 1.75 bits per heavy atom. The van der Waals surface area contributed by atoms with Crippen LogP contribution in [0.3, 0.4) is 0 Å². The Morgan fingerprint density at radius 1 is 0.917 bits per heavy atom. The molecule has 0 spiro atoms. The third-order valence-electron chi connectivity index (χ3n) is 9.79. The van der Waals surface area contributed by atoms with Crippen molar-refractivity contribution >= 4 is 0 Å². The van der Waals surface area contributed by atoms with E-state index in [-0.39, 0.29) is 0 Å². The molecule has 4 aliphatic carbocycles. The minimum Gasteiger partial charge on any atom is -0.373 e. The molecule has 0 radical (unpaired) electrons. The highest BCUT2D eigenvalue weighted by molar-refractivity contribution is 5.06. The number of epoxide rings is 1. The summed E-state index contributed by atoms with van der Waals surface area (Å²) >= 11 is 0. The lowest BCUT2D eigenvalue weighted by Crippen LogP contribution is -2.48. The number of hydrogen-bond donors (Lipinski definition) is 0. The molecule has 5 aliphatic rings. The zero-order chi connectivity index (χ0) is 16.3. The molecule has 4 saturated carbocycles. The zero-order valence-electron chi connectivity index (χ0n) is 16.0. The van der Waals surface area contributed by atoms with Gasteiger partial charge in [-0.3, -0.25) is 0 Å². The lowest BCUT2D eigenvalue weighted by molar-refractivity contribution is -0.0694. The molecule has 9 atom stereocenters. The standard InChI is InChI=1S/C23H38O/c1-3-15-4-7-19-16(12-15)5-8-21-20(19)10-11-23(2)17(6-9-22(21)23)13-18-14-24-18/h15-22H,3-14H2,1-2H3. The van der Waals surface area contributed by atoms with Crippen LogP contribution >= 0.6 is 0 Å². The Bertz CT molecular complexity index is 469. The fourth-order valence-electron chi connectivity index (χ4n) is 8.34. The van der Waals surface area contributed by atoms with Crippen LogP contribution in [-0.2, 0) is 4.74 Å². The van der Waals surface area contributed by atoms with Crippen molar-refractivity contribution in [3.63, 3.8) is 0 Å². The third-order valence-corrected chi connectivity index (χ3v) is 9.79. The van der Waals surface area contributed by atoms with Crippen LogP contribution in [0.4, 0.5) is 0 Å². The molecule has 24 heavy (non-hydrogen) atoms. The van der Waals surface area contributed by atoms with Crippen LogP contribution in [0.5, 0.6) is 0 Å². The van der Waals surface area contributed by atoms with Gasteiger partial charge in [-0.2, -0.15) is 0 Å². The summed E-state index contributed by atoms with van der Waals surface area (Å²) in [4.78, 5) is 0. The highest BCUT2D eigenvalue weighted by Crippen LogP contribution is 2.65. The maximum atomic E-state index is 5.59. The summed E-state index contributed by atoms with van der Waals surface area (Å²) in [6.07, 6.45) is 17.5. The Labute approximate surface area is 149 Å². The maximum absolute atomic E-state index is 5.59. The summed E-state index contributed by atoms with van der Waals surface area (Å²) in [6.45, 7) is 6.17. The van der Waals surface area contributed by atoms with E-state index >= 15 is 0 Å². The lowest BCUT2D eigenvalue weighted by atomic mass is 9.49. The van der Waals surface area contributed by atoms with Gasteiger partial charge in [-0.05, 0) is 105 Å². The molecule has 1 saturated heterocycles. The largest absolute Gasteiger partial charge is 0.373 e. The molecule has 1 aliphatic heterocycles. The summed E-state index contributed by atoms with van der Waals surface area (Å²) in [6, 6.07) is 0. The minimum absolute atomic E-state index is 0.642. The molecule has 0 aromatic carbocycles. The van der Waals surface area contributed by atoms with Crippen molar-refractivity contribution in [1.29, 1.82) is 0 Å². The molecule has 1 nitrogen and oxygen atoms in total. The van der Waals surface area contributed by atoms with E-state index in [1.807, 2.05) is 0 Å². The molecule has 136 valence electrons. The molecular formula is C23H38O. The van der Waals surface area contributed by atoms with E-state index in [1.54, 1.807) is 44.9 Å². The summed E-state index contributed by atoms with van der Waals surface area (Å²) in [5.41, 5.74) is 0.667. The van der Waals surface area contributed by atoms with E-state index in [9.17, 15) is 0 Å². The molecule has 5 rings (SSSR count). The van der Waals surface area contributed by atoms with Crippen LogP contribution < -0.4 is 0 Å². The summed E-state index contributed by atoms with van der Waals surface area (Å²) in [5.74, 6) is 7.51. The van der Waals surface area contributed by atoms with Gasteiger partial charge in [0.1, 0.15) is 0 Å². The lowest BCUT2D eigenvalue weighted by Gasteiger charge is -2.56. The van der Waals surface area contributed by atoms with Gasteiger partial charge in [0.15, 0.2) is 0 Å². The van der Waals surface area contributed by atoms with E-state index < -0.39 is 0 Å². The number of rotatable bonds is 3. The Hall–Kier alpha value is -0.0400. The van der Waals surface area contributed by atoms with Gasteiger partial charge in [-0.1, -0.05) is 26.7 Å². The molecule has 1 heterocycles. The van der Waals surface area contributed by atoms with E-state index in [1.165, 1.54) is 25.7 Å². The molecule has 0 N–H and O–H groups in total. The highest BCUT2D eigenvalue weighted by Gasteiger charge is 2.57. The van der Waals surface area contributed by atoms with E-state index in [0.717, 1.165) is 48.0 Å². The van der Waals surface area contributed by atoms with Crippen LogP contribution in [0.2, 0.25) is 0 Å². The van der Waals surface area contributed by atoms with Gasteiger partial charge in [0.05, 0.1) is 12.7 Å². The summed E-state index contributed by atoms with van der Waals surface area (Å²) < 4.78 is 5.59. The zero-order valence-corrected chi connectivity index (χ0v) is 16.0. The summed E-state index contributed by atoms with van der Waals surface area (Å²) in [5, 5.41) is 0. The number of ether oxygens (including phenoxy) is 1.